The maximum Gasteiger partial charge on any atom is 0.354 e. The minimum atomic E-state index is -0.620. The predicted octanol–water partition coefficient (Wildman–Crippen LogP) is 0.744. The predicted molar refractivity (Wildman–Crippen MR) is 96.0 cm³/mol. The molecule has 0 fully saturated rings. The van der Waals surface area contributed by atoms with Crippen molar-refractivity contribution < 1.29 is 9.59 Å². The number of amides is 2. The Labute approximate surface area is 153 Å². The number of fused-ring (bicyclic) bond motifs is 1. The van der Waals surface area contributed by atoms with E-state index < -0.39 is 11.7 Å². The lowest BCUT2D eigenvalue weighted by molar-refractivity contribution is -0.122. The molecule has 1 aliphatic rings. The van der Waals surface area contributed by atoms with Crippen molar-refractivity contribution in [2.75, 3.05) is 4.90 Å². The molecule has 0 bridgehead atoms. The lowest BCUT2D eigenvalue weighted by atomic mass is 10.3. The van der Waals surface area contributed by atoms with Gasteiger partial charge in [-0.2, -0.15) is 9.67 Å². The number of para-hydroxylation sites is 1. The first-order valence-electron chi connectivity index (χ1n) is 8.35. The van der Waals surface area contributed by atoms with Gasteiger partial charge in [-0.15, -0.1) is 0 Å². The van der Waals surface area contributed by atoms with Gasteiger partial charge in [0.1, 0.15) is 6.54 Å². The van der Waals surface area contributed by atoms with E-state index >= 15 is 0 Å². The first-order chi connectivity index (χ1) is 13.1. The van der Waals surface area contributed by atoms with E-state index in [-0.39, 0.29) is 19.0 Å². The van der Waals surface area contributed by atoms with E-state index in [1.54, 1.807) is 30.6 Å². The summed E-state index contributed by atoms with van der Waals surface area (Å²) in [4.78, 5) is 42.6. The van der Waals surface area contributed by atoms with Gasteiger partial charge in [-0.05, 0) is 23.8 Å². The molecular formula is C18H16N6O3. The third kappa shape index (κ3) is 3.22. The van der Waals surface area contributed by atoms with Gasteiger partial charge in [0.2, 0.25) is 5.91 Å². The molecule has 0 radical (unpaired) electrons. The summed E-state index contributed by atoms with van der Waals surface area (Å²) in [6, 6.07) is 12.2. The van der Waals surface area contributed by atoms with E-state index in [1.165, 1.54) is 4.90 Å². The fourth-order valence-electron chi connectivity index (χ4n) is 2.88. The quantitative estimate of drug-likeness (QED) is 0.720. The van der Waals surface area contributed by atoms with E-state index in [0.29, 0.717) is 18.1 Å². The van der Waals surface area contributed by atoms with Crippen LogP contribution in [0.4, 0.5) is 10.5 Å². The number of nitrogens with zero attached hydrogens (tertiary/aromatic N) is 5. The second-order valence-corrected chi connectivity index (χ2v) is 6.03. The minimum Gasteiger partial charge on any atom is -0.350 e. The Kier molecular flexibility index (Phi) is 4.25. The largest absolute Gasteiger partial charge is 0.354 e. The van der Waals surface area contributed by atoms with Crippen LogP contribution in [0.3, 0.4) is 0 Å². The van der Waals surface area contributed by atoms with E-state index in [2.05, 4.69) is 15.4 Å². The molecule has 2 amide bonds. The van der Waals surface area contributed by atoms with Crippen LogP contribution >= 0.6 is 0 Å². The van der Waals surface area contributed by atoms with Gasteiger partial charge in [-0.1, -0.05) is 24.3 Å². The van der Waals surface area contributed by atoms with Crippen molar-refractivity contribution in [3.8, 4) is 0 Å². The molecule has 0 spiro atoms. The molecule has 1 aliphatic heterocycles. The van der Waals surface area contributed by atoms with Crippen LogP contribution in [0.15, 0.2) is 59.7 Å². The van der Waals surface area contributed by atoms with Crippen LogP contribution in [0.2, 0.25) is 0 Å². The van der Waals surface area contributed by atoms with Gasteiger partial charge in [0, 0.05) is 24.6 Å². The van der Waals surface area contributed by atoms with Gasteiger partial charge >= 0.3 is 11.7 Å². The van der Waals surface area contributed by atoms with Gasteiger partial charge in [-0.3, -0.25) is 14.7 Å². The molecule has 0 atom stereocenters. The zero-order valence-electron chi connectivity index (χ0n) is 14.3. The number of pyridine rings is 1. The van der Waals surface area contributed by atoms with E-state index in [4.69, 9.17) is 0 Å². The van der Waals surface area contributed by atoms with Crippen LogP contribution in [0.5, 0.6) is 0 Å². The van der Waals surface area contributed by atoms with Crippen LogP contribution in [0.25, 0.3) is 0 Å². The lowest BCUT2D eigenvalue weighted by Crippen LogP contribution is -2.37. The summed E-state index contributed by atoms with van der Waals surface area (Å²) in [5.74, 6) is -0.0565. The molecule has 1 N–H and O–H groups in total. The molecule has 4 rings (SSSR count). The molecule has 1 aromatic carbocycles. The molecule has 0 unspecified atom stereocenters. The van der Waals surface area contributed by atoms with Crippen molar-refractivity contribution in [2.45, 2.75) is 19.6 Å². The number of nitrogens with one attached hydrogen (secondary N) is 1. The fraction of sp³-hybridized carbons (Fsp3) is 0.167. The van der Waals surface area contributed by atoms with Gasteiger partial charge in [0.25, 0.3) is 0 Å². The summed E-state index contributed by atoms with van der Waals surface area (Å²) in [7, 11) is 0. The molecule has 9 nitrogen and oxygen atoms in total. The molecule has 136 valence electrons. The number of hydrogen-bond acceptors (Lipinski definition) is 5. The highest BCUT2D eigenvalue weighted by molar-refractivity contribution is 5.96. The molecule has 3 aromatic rings. The SMILES string of the molecule is O=C(Cn1nc2n(c1=O)C(=O)N(c1ccccc1)C2)NCc1cccnc1. The monoisotopic (exact) mass is 364 g/mol. The highest BCUT2D eigenvalue weighted by atomic mass is 16.2. The maximum absolute atomic E-state index is 12.6. The average molecular weight is 364 g/mol. The Morgan fingerprint density at radius 1 is 1.11 bits per heavy atom. The second kappa shape index (κ2) is 6.87. The first kappa shape index (κ1) is 16.7. The van der Waals surface area contributed by atoms with Gasteiger partial charge in [-0.25, -0.2) is 14.3 Å². The summed E-state index contributed by atoms with van der Waals surface area (Å²) >= 11 is 0. The number of rotatable bonds is 5. The fourth-order valence-corrected chi connectivity index (χ4v) is 2.88. The van der Waals surface area contributed by atoms with Crippen LogP contribution in [-0.4, -0.2) is 31.3 Å². The van der Waals surface area contributed by atoms with Crippen molar-refractivity contribution in [1.29, 1.82) is 0 Å². The zero-order valence-corrected chi connectivity index (χ0v) is 14.3. The topological polar surface area (TPSA) is 102 Å². The Hall–Kier alpha value is -3.75. The molecule has 0 aliphatic carbocycles. The number of anilines is 1. The van der Waals surface area contributed by atoms with Crippen molar-refractivity contribution in [3.05, 3.63) is 76.7 Å². The number of carbonyl (C=O) groups excluding carboxylic acids is 2. The Bertz CT molecular complexity index is 1040. The molecular weight excluding hydrogens is 348 g/mol. The van der Waals surface area contributed by atoms with Crippen LogP contribution in [0, 0.1) is 0 Å². The number of hydrogen-bond donors (Lipinski definition) is 1. The maximum atomic E-state index is 12.6. The highest BCUT2D eigenvalue weighted by Gasteiger charge is 2.33. The second-order valence-electron chi connectivity index (χ2n) is 6.03. The third-order valence-electron chi connectivity index (χ3n) is 4.20. The number of carbonyl (C=O) groups is 2. The first-order valence-corrected chi connectivity index (χ1v) is 8.35. The summed E-state index contributed by atoms with van der Waals surface area (Å²) in [6.45, 7) is 0.232. The summed E-state index contributed by atoms with van der Waals surface area (Å²) in [6.07, 6.45) is 3.29. The molecule has 2 aromatic heterocycles. The normalized spacial score (nSPS) is 12.9. The Morgan fingerprint density at radius 3 is 2.63 bits per heavy atom. The van der Waals surface area contributed by atoms with Crippen LogP contribution in [-0.2, 0) is 24.4 Å². The third-order valence-corrected chi connectivity index (χ3v) is 4.20. The van der Waals surface area contributed by atoms with E-state index in [0.717, 1.165) is 14.8 Å². The van der Waals surface area contributed by atoms with Crippen molar-refractivity contribution >= 4 is 17.6 Å². The molecule has 0 saturated carbocycles. The number of benzene rings is 1. The molecule has 3 heterocycles. The Balaban J connectivity index is 1.45. The smallest absolute Gasteiger partial charge is 0.350 e. The van der Waals surface area contributed by atoms with Crippen molar-refractivity contribution in [3.63, 3.8) is 0 Å². The average Bonchev–Trinajstić information content (AvgIpc) is 3.18. The van der Waals surface area contributed by atoms with Crippen LogP contribution < -0.4 is 15.9 Å². The zero-order chi connectivity index (χ0) is 18.8. The Morgan fingerprint density at radius 2 is 1.93 bits per heavy atom. The van der Waals surface area contributed by atoms with E-state index in [9.17, 15) is 14.4 Å². The summed E-state index contributed by atoms with van der Waals surface area (Å²) in [5, 5.41) is 6.84. The van der Waals surface area contributed by atoms with Crippen LogP contribution in [0.1, 0.15) is 11.4 Å². The molecule has 9 heteroatoms. The molecule has 27 heavy (non-hydrogen) atoms. The summed E-state index contributed by atoms with van der Waals surface area (Å²) < 4.78 is 2.01. The lowest BCUT2D eigenvalue weighted by Gasteiger charge is -2.14. The van der Waals surface area contributed by atoms with Gasteiger partial charge in [0.15, 0.2) is 5.82 Å². The highest BCUT2D eigenvalue weighted by Crippen LogP contribution is 2.21. The summed E-state index contributed by atoms with van der Waals surface area (Å²) in [5.41, 5.74) is 0.914. The minimum absolute atomic E-state index is 0.183. The van der Waals surface area contributed by atoms with Gasteiger partial charge in [0.05, 0.1) is 6.54 Å². The number of aromatic nitrogens is 4. The van der Waals surface area contributed by atoms with Gasteiger partial charge < -0.3 is 5.32 Å². The van der Waals surface area contributed by atoms with E-state index in [1.807, 2.05) is 24.3 Å². The van der Waals surface area contributed by atoms with Crippen molar-refractivity contribution in [1.82, 2.24) is 24.6 Å². The standard InChI is InChI=1S/C18H16N6O3/c25-16(20-10-13-5-4-8-19-9-13)12-23-18(27)24-15(21-23)11-22(17(24)26)14-6-2-1-3-7-14/h1-9H,10-12H2,(H,20,25). The van der Waals surface area contributed by atoms with Crippen molar-refractivity contribution in [2.24, 2.45) is 0 Å². The molecule has 0 saturated heterocycles.